The Labute approximate surface area is 140 Å². The molecule has 120 valence electrons. The number of carbonyl (C=O) groups excluding carboxylic acids is 1. The van der Waals surface area contributed by atoms with Crippen LogP contribution in [-0.2, 0) is 6.18 Å². The average Bonchev–Trinajstić information content (AvgIpc) is 2.49. The third-order valence-corrected chi connectivity index (χ3v) is 3.46. The summed E-state index contributed by atoms with van der Waals surface area (Å²) in [7, 11) is 0. The molecule has 0 saturated heterocycles. The standard InChI is InChI=1S/C16H10Cl2F3NO/c17-11-3-6-14(18)13(9-11)15(23)7-8-22-12-4-1-10(2-5-12)16(19,20)21/h1-9,22H/b8-7-. The van der Waals surface area contributed by atoms with Crippen LogP contribution in [0.15, 0.2) is 54.7 Å². The van der Waals surface area contributed by atoms with Crippen molar-refractivity contribution in [3.05, 3.63) is 75.9 Å². The van der Waals surface area contributed by atoms with Gasteiger partial charge in [0.2, 0.25) is 0 Å². The molecule has 2 nitrogen and oxygen atoms in total. The van der Waals surface area contributed by atoms with Crippen molar-refractivity contribution in [2.45, 2.75) is 6.18 Å². The number of benzene rings is 2. The highest BCUT2D eigenvalue weighted by molar-refractivity contribution is 6.36. The minimum atomic E-state index is -4.38. The molecule has 0 aliphatic carbocycles. The smallest absolute Gasteiger partial charge is 0.362 e. The fourth-order valence-electron chi connectivity index (χ4n) is 1.75. The van der Waals surface area contributed by atoms with Crippen LogP contribution in [0.4, 0.5) is 18.9 Å². The van der Waals surface area contributed by atoms with E-state index in [-0.39, 0.29) is 16.4 Å². The zero-order valence-electron chi connectivity index (χ0n) is 11.5. The number of hydrogen-bond donors (Lipinski definition) is 1. The molecule has 0 unspecified atom stereocenters. The molecule has 0 spiro atoms. The van der Waals surface area contributed by atoms with Crippen molar-refractivity contribution in [1.82, 2.24) is 0 Å². The first kappa shape index (κ1) is 17.4. The number of halogens is 5. The molecule has 0 bridgehead atoms. The SMILES string of the molecule is O=C(/C=C\Nc1ccc(C(F)(F)F)cc1)c1cc(Cl)ccc1Cl. The summed E-state index contributed by atoms with van der Waals surface area (Å²) in [4.78, 5) is 12.0. The molecule has 0 aliphatic rings. The normalized spacial score (nSPS) is 11.7. The van der Waals surface area contributed by atoms with Crippen molar-refractivity contribution in [1.29, 1.82) is 0 Å². The van der Waals surface area contributed by atoms with Crippen LogP contribution < -0.4 is 5.32 Å². The van der Waals surface area contributed by atoms with E-state index in [4.69, 9.17) is 23.2 Å². The Morgan fingerprint density at radius 3 is 2.30 bits per heavy atom. The first-order chi connectivity index (χ1) is 10.8. The number of alkyl halides is 3. The van der Waals surface area contributed by atoms with Crippen LogP contribution in [0.2, 0.25) is 10.0 Å². The van der Waals surface area contributed by atoms with Gasteiger partial charge in [0.1, 0.15) is 0 Å². The summed E-state index contributed by atoms with van der Waals surface area (Å²) in [5.74, 6) is -0.378. The van der Waals surface area contributed by atoms with Gasteiger partial charge in [-0.3, -0.25) is 4.79 Å². The fraction of sp³-hybridized carbons (Fsp3) is 0.0625. The van der Waals surface area contributed by atoms with Gasteiger partial charge < -0.3 is 5.32 Å². The van der Waals surface area contributed by atoms with Crippen LogP contribution in [0.25, 0.3) is 0 Å². The summed E-state index contributed by atoms with van der Waals surface area (Å²) < 4.78 is 37.3. The zero-order valence-corrected chi connectivity index (χ0v) is 13.0. The van der Waals surface area contributed by atoms with Gasteiger partial charge in [-0.25, -0.2) is 0 Å². The molecule has 0 heterocycles. The first-order valence-electron chi connectivity index (χ1n) is 6.37. The molecule has 0 saturated carbocycles. The molecule has 2 rings (SSSR count). The van der Waals surface area contributed by atoms with Crippen LogP contribution in [0.1, 0.15) is 15.9 Å². The third kappa shape index (κ3) is 4.74. The van der Waals surface area contributed by atoms with E-state index in [9.17, 15) is 18.0 Å². The van der Waals surface area contributed by atoms with Crippen molar-refractivity contribution >= 4 is 34.7 Å². The number of carbonyl (C=O) groups is 1. The van der Waals surface area contributed by atoms with E-state index in [0.29, 0.717) is 10.7 Å². The number of allylic oxidation sites excluding steroid dienone is 1. The minimum absolute atomic E-state index is 0.240. The van der Waals surface area contributed by atoms with Gasteiger partial charge in [-0.15, -0.1) is 0 Å². The maximum absolute atomic E-state index is 12.4. The number of anilines is 1. The van der Waals surface area contributed by atoms with Gasteiger partial charge in [-0.05, 0) is 42.5 Å². The lowest BCUT2D eigenvalue weighted by Crippen LogP contribution is -2.04. The number of ketones is 1. The van der Waals surface area contributed by atoms with Crippen LogP contribution in [0, 0.1) is 0 Å². The van der Waals surface area contributed by atoms with Crippen LogP contribution in [0.5, 0.6) is 0 Å². The van der Waals surface area contributed by atoms with Crippen LogP contribution in [0.3, 0.4) is 0 Å². The van der Waals surface area contributed by atoms with E-state index in [2.05, 4.69) is 5.32 Å². The highest BCUT2D eigenvalue weighted by atomic mass is 35.5. The summed E-state index contributed by atoms with van der Waals surface area (Å²) in [5, 5.41) is 3.35. The lowest BCUT2D eigenvalue weighted by atomic mass is 10.1. The summed E-state index contributed by atoms with van der Waals surface area (Å²) >= 11 is 11.7. The summed E-state index contributed by atoms with van der Waals surface area (Å²) in [6.45, 7) is 0. The van der Waals surface area contributed by atoms with Crippen molar-refractivity contribution in [3.8, 4) is 0 Å². The molecule has 0 atom stereocenters. The molecule has 0 fully saturated rings. The Bertz CT molecular complexity index is 740. The maximum atomic E-state index is 12.4. The molecule has 0 radical (unpaired) electrons. The molecular formula is C16H10Cl2F3NO. The second kappa shape index (κ2) is 7.06. The predicted octanol–water partition coefficient (Wildman–Crippen LogP) is 5.82. The zero-order chi connectivity index (χ0) is 17.0. The lowest BCUT2D eigenvalue weighted by molar-refractivity contribution is -0.137. The molecule has 2 aromatic carbocycles. The second-order valence-corrected chi connectivity index (χ2v) is 5.38. The number of rotatable bonds is 4. The molecule has 0 aromatic heterocycles. The van der Waals surface area contributed by atoms with Crippen LogP contribution in [-0.4, -0.2) is 5.78 Å². The maximum Gasteiger partial charge on any atom is 0.416 e. The summed E-state index contributed by atoms with van der Waals surface area (Å²) in [6.07, 6.45) is -1.84. The third-order valence-electron chi connectivity index (χ3n) is 2.89. The van der Waals surface area contributed by atoms with Gasteiger partial charge in [0, 0.05) is 28.5 Å². The number of hydrogen-bond acceptors (Lipinski definition) is 2. The Kier molecular flexibility index (Phi) is 5.34. The van der Waals surface area contributed by atoms with E-state index in [1.165, 1.54) is 36.5 Å². The first-order valence-corrected chi connectivity index (χ1v) is 7.13. The highest BCUT2D eigenvalue weighted by Crippen LogP contribution is 2.29. The van der Waals surface area contributed by atoms with Gasteiger partial charge >= 0.3 is 6.18 Å². The van der Waals surface area contributed by atoms with Crippen molar-refractivity contribution in [2.24, 2.45) is 0 Å². The Morgan fingerprint density at radius 2 is 1.70 bits per heavy atom. The van der Waals surface area contributed by atoms with E-state index in [1.807, 2.05) is 0 Å². The van der Waals surface area contributed by atoms with E-state index in [0.717, 1.165) is 12.1 Å². The second-order valence-electron chi connectivity index (χ2n) is 4.54. The van der Waals surface area contributed by atoms with E-state index in [1.54, 1.807) is 6.07 Å². The van der Waals surface area contributed by atoms with Crippen molar-refractivity contribution in [3.63, 3.8) is 0 Å². The fourth-order valence-corrected chi connectivity index (χ4v) is 2.13. The van der Waals surface area contributed by atoms with E-state index < -0.39 is 11.7 Å². The van der Waals surface area contributed by atoms with Gasteiger partial charge in [0.25, 0.3) is 0 Å². The van der Waals surface area contributed by atoms with Gasteiger partial charge in [0.05, 0.1) is 10.6 Å². The topological polar surface area (TPSA) is 29.1 Å². The largest absolute Gasteiger partial charge is 0.416 e. The Morgan fingerprint density at radius 1 is 1.04 bits per heavy atom. The molecule has 23 heavy (non-hydrogen) atoms. The predicted molar refractivity (Wildman–Crippen MR) is 85.0 cm³/mol. The molecular weight excluding hydrogens is 350 g/mol. The Hall–Kier alpha value is -1.98. The van der Waals surface area contributed by atoms with E-state index >= 15 is 0 Å². The average molecular weight is 360 g/mol. The minimum Gasteiger partial charge on any atom is -0.362 e. The number of nitrogens with one attached hydrogen (secondary N) is 1. The van der Waals surface area contributed by atoms with Crippen molar-refractivity contribution in [2.75, 3.05) is 5.32 Å². The quantitative estimate of drug-likeness (QED) is 0.550. The summed E-state index contributed by atoms with van der Waals surface area (Å²) in [5.41, 5.74) is -0.0855. The molecule has 0 amide bonds. The highest BCUT2D eigenvalue weighted by Gasteiger charge is 2.29. The van der Waals surface area contributed by atoms with Crippen LogP contribution >= 0.6 is 23.2 Å². The van der Waals surface area contributed by atoms with Gasteiger partial charge in [-0.1, -0.05) is 23.2 Å². The van der Waals surface area contributed by atoms with Gasteiger partial charge in [0.15, 0.2) is 5.78 Å². The van der Waals surface area contributed by atoms with Gasteiger partial charge in [-0.2, -0.15) is 13.2 Å². The molecule has 0 aliphatic heterocycles. The summed E-state index contributed by atoms with van der Waals surface area (Å²) in [6, 6.07) is 8.94. The molecule has 2 aromatic rings. The Balaban J connectivity index is 2.04. The lowest BCUT2D eigenvalue weighted by Gasteiger charge is -2.07. The molecule has 7 heteroatoms. The molecule has 1 N–H and O–H groups in total. The van der Waals surface area contributed by atoms with Crippen molar-refractivity contribution < 1.29 is 18.0 Å². The monoisotopic (exact) mass is 359 g/mol.